The van der Waals surface area contributed by atoms with Crippen molar-refractivity contribution >= 4 is 11.6 Å². The van der Waals surface area contributed by atoms with Gasteiger partial charge in [0.1, 0.15) is 0 Å². The smallest absolute Gasteiger partial charge is 0.0712 e. The predicted molar refractivity (Wildman–Crippen MR) is 132 cm³/mol. The van der Waals surface area contributed by atoms with E-state index in [4.69, 9.17) is 4.98 Å². The average Bonchev–Trinajstić information content (AvgIpc) is 3.33. The molecule has 31 heavy (non-hydrogen) atoms. The highest BCUT2D eigenvalue weighted by Crippen LogP contribution is 2.24. The van der Waals surface area contributed by atoms with Gasteiger partial charge in [-0.25, -0.2) is 4.98 Å². The number of aryl methyl sites for hydroxylation is 1. The summed E-state index contributed by atoms with van der Waals surface area (Å²) in [6.45, 7) is 6.48. The van der Waals surface area contributed by atoms with Crippen LogP contribution in [0.3, 0.4) is 0 Å². The van der Waals surface area contributed by atoms with Crippen LogP contribution in [0.2, 0.25) is 0 Å². The van der Waals surface area contributed by atoms with Gasteiger partial charge in [0.05, 0.1) is 11.4 Å². The van der Waals surface area contributed by atoms with E-state index in [1.807, 2.05) is 0 Å². The molecule has 164 valence electrons. The van der Waals surface area contributed by atoms with Crippen molar-refractivity contribution < 1.29 is 0 Å². The Balaban J connectivity index is 1.47. The van der Waals surface area contributed by atoms with Crippen LogP contribution in [0.4, 0.5) is 0 Å². The van der Waals surface area contributed by atoms with E-state index in [0.29, 0.717) is 6.04 Å². The fraction of sp³-hybridized carbons (Fsp3) is 0.464. The number of nitrogens with zero attached hydrogens (tertiary/aromatic N) is 2. The highest BCUT2D eigenvalue weighted by atomic mass is 15.1. The third kappa shape index (κ3) is 6.62. The molecule has 0 unspecified atom stereocenters. The number of rotatable bonds is 8. The molecule has 1 aromatic carbocycles. The first kappa shape index (κ1) is 22.0. The van der Waals surface area contributed by atoms with Crippen molar-refractivity contribution in [1.29, 1.82) is 0 Å². The fourth-order valence-corrected chi connectivity index (χ4v) is 4.70. The number of benzene rings is 1. The van der Waals surface area contributed by atoms with E-state index in [1.54, 1.807) is 0 Å². The Bertz CT molecular complexity index is 869. The van der Waals surface area contributed by atoms with Crippen molar-refractivity contribution in [3.63, 3.8) is 0 Å². The largest absolute Gasteiger partial charge is 0.311 e. The molecule has 0 amide bonds. The van der Waals surface area contributed by atoms with Gasteiger partial charge in [-0.05, 0) is 69.5 Å². The average molecular weight is 416 g/mol. The maximum absolute atomic E-state index is 5.00. The fourth-order valence-electron chi connectivity index (χ4n) is 4.70. The van der Waals surface area contributed by atoms with E-state index < -0.39 is 0 Å². The molecule has 0 atom stereocenters. The second-order valence-electron chi connectivity index (χ2n) is 9.08. The van der Waals surface area contributed by atoms with E-state index in [1.165, 1.54) is 74.7 Å². The summed E-state index contributed by atoms with van der Waals surface area (Å²) in [7, 11) is 0. The Hall–Kier alpha value is -2.23. The molecule has 4 rings (SSSR count). The molecule has 1 saturated heterocycles. The lowest BCUT2D eigenvalue weighted by Crippen LogP contribution is -2.30. The molecular formula is C28H37N3. The number of likely N-dealkylation sites (tertiary alicyclic amines) is 1. The van der Waals surface area contributed by atoms with Crippen LogP contribution in [-0.2, 0) is 0 Å². The van der Waals surface area contributed by atoms with Crippen molar-refractivity contribution in [2.75, 3.05) is 26.2 Å². The van der Waals surface area contributed by atoms with Crippen molar-refractivity contribution in [1.82, 2.24) is 15.2 Å². The molecule has 0 bridgehead atoms. The molecule has 1 N–H and O–H groups in total. The molecule has 3 nitrogen and oxygen atoms in total. The number of nitrogens with one attached hydrogen (secondary N) is 1. The Labute approximate surface area is 188 Å². The van der Waals surface area contributed by atoms with Crippen molar-refractivity contribution in [2.45, 2.75) is 57.9 Å². The lowest BCUT2D eigenvalue weighted by Gasteiger charge is -2.21. The maximum Gasteiger partial charge on any atom is 0.0712 e. The molecule has 0 radical (unpaired) electrons. The molecule has 1 aliphatic carbocycles. The minimum atomic E-state index is 0.694. The summed E-state index contributed by atoms with van der Waals surface area (Å²) >= 11 is 0. The zero-order chi connectivity index (χ0) is 21.3. The van der Waals surface area contributed by atoms with Gasteiger partial charge < -0.3 is 5.32 Å². The van der Waals surface area contributed by atoms with Gasteiger partial charge in [-0.15, -0.1) is 0 Å². The van der Waals surface area contributed by atoms with Crippen LogP contribution in [0.25, 0.3) is 11.6 Å². The zero-order valence-corrected chi connectivity index (χ0v) is 19.0. The van der Waals surface area contributed by atoms with Crippen molar-refractivity contribution in [2.24, 2.45) is 0 Å². The van der Waals surface area contributed by atoms with E-state index >= 15 is 0 Å². The van der Waals surface area contributed by atoms with Crippen LogP contribution >= 0.6 is 0 Å². The Morgan fingerprint density at radius 3 is 2.55 bits per heavy atom. The van der Waals surface area contributed by atoms with Crippen LogP contribution in [0.5, 0.6) is 0 Å². The summed E-state index contributed by atoms with van der Waals surface area (Å²) in [6, 6.07) is 15.9. The van der Waals surface area contributed by atoms with Gasteiger partial charge in [0.2, 0.25) is 0 Å². The first-order chi connectivity index (χ1) is 15.3. The predicted octanol–water partition coefficient (Wildman–Crippen LogP) is 5.85. The molecule has 3 heteroatoms. The highest BCUT2D eigenvalue weighted by Gasteiger charge is 2.13. The third-order valence-electron chi connectivity index (χ3n) is 6.58. The number of aromatic nitrogens is 1. The minimum absolute atomic E-state index is 0.694. The molecule has 1 saturated carbocycles. The Kier molecular flexibility index (Phi) is 8.09. The third-order valence-corrected chi connectivity index (χ3v) is 6.58. The summed E-state index contributed by atoms with van der Waals surface area (Å²) in [5, 5.41) is 3.68. The Morgan fingerprint density at radius 2 is 1.77 bits per heavy atom. The van der Waals surface area contributed by atoms with Gasteiger partial charge in [0.25, 0.3) is 0 Å². The van der Waals surface area contributed by atoms with Crippen LogP contribution in [0.1, 0.15) is 67.5 Å². The number of pyridine rings is 1. The molecular weight excluding hydrogens is 378 g/mol. The van der Waals surface area contributed by atoms with Gasteiger partial charge in [-0.3, -0.25) is 4.90 Å². The summed E-state index contributed by atoms with van der Waals surface area (Å²) in [5.74, 6) is 0. The van der Waals surface area contributed by atoms with E-state index in [2.05, 4.69) is 77.8 Å². The first-order valence-electron chi connectivity index (χ1n) is 12.1. The van der Waals surface area contributed by atoms with Crippen LogP contribution < -0.4 is 5.32 Å². The summed E-state index contributed by atoms with van der Waals surface area (Å²) < 4.78 is 0. The van der Waals surface area contributed by atoms with Crippen LogP contribution in [0.15, 0.2) is 54.6 Å². The topological polar surface area (TPSA) is 28.2 Å². The quantitative estimate of drug-likeness (QED) is 0.586. The molecule has 2 aliphatic rings. The second kappa shape index (κ2) is 11.4. The summed E-state index contributed by atoms with van der Waals surface area (Å²) in [6.07, 6.45) is 16.2. The zero-order valence-electron chi connectivity index (χ0n) is 19.0. The normalized spacial score (nSPS) is 18.8. The molecule has 2 aromatic rings. The molecule has 1 aromatic heterocycles. The molecule has 2 heterocycles. The summed E-state index contributed by atoms with van der Waals surface area (Å²) in [4.78, 5) is 7.54. The molecule has 0 spiro atoms. The monoisotopic (exact) mass is 415 g/mol. The SMILES string of the molecule is Cc1ccc(C(=CCN2CCCC2)c2cccc(C=CCNC3CCCCC3)n2)cc1. The molecule has 2 fully saturated rings. The first-order valence-corrected chi connectivity index (χ1v) is 12.1. The van der Waals surface area contributed by atoms with Crippen molar-refractivity contribution in [3.8, 4) is 0 Å². The summed E-state index contributed by atoms with van der Waals surface area (Å²) in [5.41, 5.74) is 5.87. The van der Waals surface area contributed by atoms with Gasteiger partial charge in [0, 0.05) is 24.7 Å². The second-order valence-corrected chi connectivity index (χ2v) is 9.08. The van der Waals surface area contributed by atoms with Crippen LogP contribution in [0, 0.1) is 6.92 Å². The highest BCUT2D eigenvalue weighted by molar-refractivity contribution is 5.78. The standard InChI is InChI=1S/C28H37N3/c1-23-14-16-24(17-15-23)27(18-22-31-20-5-6-21-31)28-13-7-11-26(30-28)12-8-19-29-25-9-3-2-4-10-25/h7-8,11-18,25,29H,2-6,9-10,19-22H2,1H3. The number of hydrogen-bond donors (Lipinski definition) is 1. The van der Waals surface area contributed by atoms with Crippen molar-refractivity contribution in [3.05, 3.63) is 77.1 Å². The van der Waals surface area contributed by atoms with Gasteiger partial charge in [-0.2, -0.15) is 0 Å². The van der Waals surface area contributed by atoms with E-state index in [0.717, 1.165) is 24.5 Å². The minimum Gasteiger partial charge on any atom is -0.311 e. The van der Waals surface area contributed by atoms with Gasteiger partial charge in [-0.1, -0.05) is 67.3 Å². The van der Waals surface area contributed by atoms with Crippen LogP contribution in [-0.4, -0.2) is 42.1 Å². The lowest BCUT2D eigenvalue weighted by atomic mass is 9.95. The lowest BCUT2D eigenvalue weighted by molar-refractivity contribution is 0.377. The van der Waals surface area contributed by atoms with E-state index in [-0.39, 0.29) is 0 Å². The van der Waals surface area contributed by atoms with E-state index in [9.17, 15) is 0 Å². The Morgan fingerprint density at radius 1 is 1.00 bits per heavy atom. The number of hydrogen-bond acceptors (Lipinski definition) is 3. The van der Waals surface area contributed by atoms with Gasteiger partial charge in [0.15, 0.2) is 0 Å². The van der Waals surface area contributed by atoms with Gasteiger partial charge >= 0.3 is 0 Å². The maximum atomic E-state index is 5.00. The molecule has 1 aliphatic heterocycles.